The van der Waals surface area contributed by atoms with E-state index in [1.165, 1.54) is 0 Å². The summed E-state index contributed by atoms with van der Waals surface area (Å²) >= 11 is 0. The van der Waals surface area contributed by atoms with Crippen molar-refractivity contribution in [2.75, 3.05) is 0 Å². The Morgan fingerprint density at radius 2 is 2.10 bits per heavy atom. The molecule has 0 atom stereocenters. The summed E-state index contributed by atoms with van der Waals surface area (Å²) in [7, 11) is 0. The number of allylic oxidation sites excluding steroid dienone is 5. The van der Waals surface area contributed by atoms with Gasteiger partial charge in [0, 0.05) is 5.57 Å². The number of Topliss-reactive ketones (excluding diaryl/α,β-unsaturated/α-hetero) is 1. The van der Waals surface area contributed by atoms with Crippen LogP contribution in [0.25, 0.3) is 0 Å². The lowest BCUT2D eigenvalue weighted by Gasteiger charge is -1.90. The molecular formula is C9H12O. The summed E-state index contributed by atoms with van der Waals surface area (Å²) in [5.74, 6) is 0.0839. The first-order chi connectivity index (χ1) is 4.72. The van der Waals surface area contributed by atoms with Gasteiger partial charge in [0.25, 0.3) is 0 Å². The number of rotatable bonds is 3. The molecule has 0 unspecified atom stereocenters. The zero-order valence-electron chi connectivity index (χ0n) is 6.42. The highest BCUT2D eigenvalue weighted by molar-refractivity contribution is 5.95. The van der Waals surface area contributed by atoms with Crippen molar-refractivity contribution < 1.29 is 4.79 Å². The van der Waals surface area contributed by atoms with Crippen LogP contribution in [0.2, 0.25) is 0 Å². The fourth-order valence-corrected chi connectivity index (χ4v) is 0.589. The molecule has 0 aromatic rings. The fourth-order valence-electron chi connectivity index (χ4n) is 0.589. The first-order valence-electron chi connectivity index (χ1n) is 3.18. The lowest BCUT2D eigenvalue weighted by Crippen LogP contribution is -1.91. The van der Waals surface area contributed by atoms with Gasteiger partial charge < -0.3 is 0 Å². The lowest BCUT2D eigenvalue weighted by atomic mass is 10.1. The zero-order chi connectivity index (χ0) is 7.98. The highest BCUT2D eigenvalue weighted by Crippen LogP contribution is 1.97. The zero-order valence-corrected chi connectivity index (χ0v) is 6.42. The van der Waals surface area contributed by atoms with Crippen molar-refractivity contribution in [2.24, 2.45) is 0 Å². The molecule has 0 saturated carbocycles. The van der Waals surface area contributed by atoms with Crippen LogP contribution in [-0.2, 0) is 4.79 Å². The lowest BCUT2D eigenvalue weighted by molar-refractivity contribution is -0.113. The molecule has 0 aliphatic rings. The fraction of sp³-hybridized carbons (Fsp3) is 0.222. The van der Waals surface area contributed by atoms with Crippen LogP contribution in [0.15, 0.2) is 36.5 Å². The third kappa shape index (κ3) is 3.02. The Morgan fingerprint density at radius 3 is 2.40 bits per heavy atom. The summed E-state index contributed by atoms with van der Waals surface area (Å²) in [6, 6.07) is 0. The standard InChI is InChI=1S/C9H12O/c1-4-6-7-9(5-2)8(3)10/h4-7H,1H2,2-3H3. The monoisotopic (exact) mass is 136 g/mol. The Morgan fingerprint density at radius 1 is 1.50 bits per heavy atom. The number of carbonyl (C=O) groups excluding carboxylic acids is 1. The molecule has 0 fully saturated rings. The predicted octanol–water partition coefficient (Wildman–Crippen LogP) is 2.26. The van der Waals surface area contributed by atoms with Crippen LogP contribution in [0, 0.1) is 0 Å². The molecule has 0 aliphatic heterocycles. The van der Waals surface area contributed by atoms with Crippen LogP contribution in [0.5, 0.6) is 0 Å². The average Bonchev–Trinajstić information content (AvgIpc) is 1.89. The van der Waals surface area contributed by atoms with E-state index in [4.69, 9.17) is 0 Å². The predicted molar refractivity (Wildman–Crippen MR) is 43.8 cm³/mol. The molecule has 0 aromatic heterocycles. The molecule has 0 rings (SSSR count). The van der Waals surface area contributed by atoms with E-state index >= 15 is 0 Å². The third-order valence-corrected chi connectivity index (χ3v) is 1.13. The van der Waals surface area contributed by atoms with E-state index in [0.717, 1.165) is 5.57 Å². The Hall–Kier alpha value is -1.11. The van der Waals surface area contributed by atoms with Gasteiger partial charge in [0.15, 0.2) is 5.78 Å². The summed E-state index contributed by atoms with van der Waals surface area (Å²) in [6.45, 7) is 6.88. The van der Waals surface area contributed by atoms with E-state index in [2.05, 4.69) is 6.58 Å². The van der Waals surface area contributed by atoms with Crippen molar-refractivity contribution >= 4 is 5.78 Å². The maximum Gasteiger partial charge on any atom is 0.159 e. The summed E-state index contributed by atoms with van der Waals surface area (Å²) < 4.78 is 0. The molecule has 0 bridgehead atoms. The van der Waals surface area contributed by atoms with Gasteiger partial charge in [-0.1, -0.05) is 30.9 Å². The van der Waals surface area contributed by atoms with E-state index in [1.807, 2.05) is 6.92 Å². The van der Waals surface area contributed by atoms with Crippen molar-refractivity contribution in [1.29, 1.82) is 0 Å². The molecule has 10 heavy (non-hydrogen) atoms. The van der Waals surface area contributed by atoms with Gasteiger partial charge in [-0.2, -0.15) is 0 Å². The number of hydrogen-bond donors (Lipinski definition) is 0. The summed E-state index contributed by atoms with van der Waals surface area (Å²) in [5, 5.41) is 0. The molecule has 0 spiro atoms. The third-order valence-electron chi connectivity index (χ3n) is 1.13. The van der Waals surface area contributed by atoms with Crippen LogP contribution in [-0.4, -0.2) is 5.78 Å². The van der Waals surface area contributed by atoms with Crippen molar-refractivity contribution in [2.45, 2.75) is 13.8 Å². The van der Waals surface area contributed by atoms with Gasteiger partial charge in [-0.05, 0) is 13.8 Å². The van der Waals surface area contributed by atoms with E-state index in [-0.39, 0.29) is 5.78 Å². The van der Waals surface area contributed by atoms with E-state index in [1.54, 1.807) is 31.2 Å². The van der Waals surface area contributed by atoms with Gasteiger partial charge in [-0.25, -0.2) is 0 Å². The first-order valence-corrected chi connectivity index (χ1v) is 3.18. The van der Waals surface area contributed by atoms with Crippen molar-refractivity contribution in [3.05, 3.63) is 36.5 Å². The van der Waals surface area contributed by atoms with Crippen LogP contribution < -0.4 is 0 Å². The summed E-state index contributed by atoms with van der Waals surface area (Å²) in [6.07, 6.45) is 6.92. The molecule has 0 radical (unpaired) electrons. The minimum atomic E-state index is 0.0839. The Labute approximate surface area is 61.8 Å². The molecule has 0 amide bonds. The van der Waals surface area contributed by atoms with E-state index in [9.17, 15) is 4.79 Å². The van der Waals surface area contributed by atoms with Crippen molar-refractivity contribution in [3.63, 3.8) is 0 Å². The highest BCUT2D eigenvalue weighted by Gasteiger charge is 1.93. The van der Waals surface area contributed by atoms with Crippen molar-refractivity contribution in [1.82, 2.24) is 0 Å². The second-order valence-corrected chi connectivity index (χ2v) is 1.90. The molecule has 0 heterocycles. The number of ketones is 1. The first kappa shape index (κ1) is 8.89. The minimum absolute atomic E-state index is 0.0839. The van der Waals surface area contributed by atoms with Crippen LogP contribution in [0.3, 0.4) is 0 Å². The van der Waals surface area contributed by atoms with Crippen LogP contribution in [0.4, 0.5) is 0 Å². The second kappa shape index (κ2) is 4.74. The minimum Gasteiger partial charge on any atom is -0.295 e. The summed E-state index contributed by atoms with van der Waals surface area (Å²) in [4.78, 5) is 10.7. The topological polar surface area (TPSA) is 17.1 Å². The average molecular weight is 136 g/mol. The molecule has 0 aromatic carbocycles. The normalized spacial score (nSPS) is 12.0. The molecule has 1 nitrogen and oxygen atoms in total. The van der Waals surface area contributed by atoms with E-state index < -0.39 is 0 Å². The van der Waals surface area contributed by atoms with Gasteiger partial charge in [-0.3, -0.25) is 4.79 Å². The quantitative estimate of drug-likeness (QED) is 0.429. The Bertz CT molecular complexity index is 185. The number of carbonyl (C=O) groups is 1. The molecular weight excluding hydrogens is 124 g/mol. The smallest absolute Gasteiger partial charge is 0.159 e. The Kier molecular flexibility index (Phi) is 4.21. The van der Waals surface area contributed by atoms with Gasteiger partial charge >= 0.3 is 0 Å². The maximum absolute atomic E-state index is 10.7. The highest BCUT2D eigenvalue weighted by atomic mass is 16.1. The van der Waals surface area contributed by atoms with Crippen LogP contribution in [0.1, 0.15) is 13.8 Å². The van der Waals surface area contributed by atoms with Gasteiger partial charge in [0.2, 0.25) is 0 Å². The molecule has 54 valence electrons. The van der Waals surface area contributed by atoms with Gasteiger partial charge in [0.05, 0.1) is 0 Å². The van der Waals surface area contributed by atoms with E-state index in [0.29, 0.717) is 0 Å². The second-order valence-electron chi connectivity index (χ2n) is 1.90. The summed E-state index contributed by atoms with van der Waals surface area (Å²) in [5.41, 5.74) is 0.722. The van der Waals surface area contributed by atoms with Gasteiger partial charge in [-0.15, -0.1) is 0 Å². The molecule has 1 heteroatoms. The largest absolute Gasteiger partial charge is 0.295 e. The SMILES string of the molecule is C=CC=CC(=CC)C(C)=O. The van der Waals surface area contributed by atoms with Crippen molar-refractivity contribution in [3.8, 4) is 0 Å². The maximum atomic E-state index is 10.7. The molecule has 0 saturated heterocycles. The van der Waals surface area contributed by atoms with Crippen LogP contribution >= 0.6 is 0 Å². The Balaban J connectivity index is 4.25. The molecule has 0 aliphatic carbocycles. The number of hydrogen-bond acceptors (Lipinski definition) is 1. The van der Waals surface area contributed by atoms with Gasteiger partial charge in [0.1, 0.15) is 0 Å². The molecule has 0 N–H and O–H groups in total.